The summed E-state index contributed by atoms with van der Waals surface area (Å²) in [7, 11) is 1.38. The largest absolute Gasteiger partial charge is 0.469 e. The first-order chi connectivity index (χ1) is 11.0. The van der Waals surface area contributed by atoms with Gasteiger partial charge in [0, 0.05) is 37.3 Å². The zero-order valence-corrected chi connectivity index (χ0v) is 14.5. The number of rotatable bonds is 7. The van der Waals surface area contributed by atoms with Gasteiger partial charge in [0.05, 0.1) is 7.11 Å². The first-order valence-corrected chi connectivity index (χ1v) is 7.60. The fourth-order valence-corrected chi connectivity index (χ4v) is 2.52. The molecule has 0 radical (unpaired) electrons. The number of carbonyl (C=O) groups is 2. The minimum Gasteiger partial charge on any atom is -0.469 e. The number of anilines is 1. The zero-order valence-electron chi connectivity index (χ0n) is 13.7. The van der Waals surface area contributed by atoms with Crippen molar-refractivity contribution in [2.45, 2.75) is 19.3 Å². The van der Waals surface area contributed by atoms with Crippen molar-refractivity contribution in [3.8, 4) is 0 Å². The summed E-state index contributed by atoms with van der Waals surface area (Å²) in [5.41, 5.74) is 6.87. The maximum Gasteiger partial charge on any atom is 0.324 e. The van der Waals surface area contributed by atoms with Gasteiger partial charge in [-0.2, -0.15) is 0 Å². The average Bonchev–Trinajstić information content (AvgIpc) is 2.92. The lowest BCUT2D eigenvalue weighted by atomic mass is 10.2. The predicted octanol–water partition coefficient (Wildman–Crippen LogP) is 1.98. The second-order valence-corrected chi connectivity index (χ2v) is 5.42. The summed E-state index contributed by atoms with van der Waals surface area (Å²) in [6, 6.07) is 7.05. The smallest absolute Gasteiger partial charge is 0.324 e. The van der Waals surface area contributed by atoms with Crippen LogP contribution in [-0.2, 0) is 9.53 Å². The van der Waals surface area contributed by atoms with Crippen molar-refractivity contribution in [3.63, 3.8) is 0 Å². The molecule has 132 valence electrons. The van der Waals surface area contributed by atoms with Crippen molar-refractivity contribution in [2.75, 3.05) is 31.6 Å². The van der Waals surface area contributed by atoms with Gasteiger partial charge in [-0.25, -0.2) is 4.79 Å². The molecule has 0 saturated carbocycles. The standard InChI is InChI=1S/C16H22N4O3.ClH/c1-23-14(21)4-2-3-9-19-10-11-20(16(19)22)13-7-5-12(6-8-13)15(17)18;/h5-8H,2-4,9-11H2,1H3,(H3,17,18);1H. The highest BCUT2D eigenvalue weighted by molar-refractivity contribution is 5.97. The van der Waals surface area contributed by atoms with Crippen LogP contribution in [0.15, 0.2) is 24.3 Å². The third-order valence-electron chi connectivity index (χ3n) is 3.87. The second-order valence-electron chi connectivity index (χ2n) is 5.42. The molecule has 1 aliphatic heterocycles. The summed E-state index contributed by atoms with van der Waals surface area (Å²) in [4.78, 5) is 27.0. The Balaban J connectivity index is 0.00000288. The minimum atomic E-state index is -0.218. The summed E-state index contributed by atoms with van der Waals surface area (Å²) >= 11 is 0. The fraction of sp³-hybridized carbons (Fsp3) is 0.438. The number of nitrogen functional groups attached to an aromatic ring is 1. The summed E-state index contributed by atoms with van der Waals surface area (Å²) < 4.78 is 4.59. The fourth-order valence-electron chi connectivity index (χ4n) is 2.52. The van der Waals surface area contributed by atoms with Crippen LogP contribution >= 0.6 is 12.4 Å². The highest BCUT2D eigenvalue weighted by atomic mass is 35.5. The number of unbranched alkanes of at least 4 members (excludes halogenated alkanes) is 1. The molecule has 2 amide bonds. The molecule has 0 spiro atoms. The van der Waals surface area contributed by atoms with Gasteiger partial charge in [0.25, 0.3) is 0 Å². The van der Waals surface area contributed by atoms with Crippen molar-refractivity contribution in [1.82, 2.24) is 4.90 Å². The van der Waals surface area contributed by atoms with E-state index in [1.54, 1.807) is 34.1 Å². The Morgan fingerprint density at radius 2 is 1.92 bits per heavy atom. The van der Waals surface area contributed by atoms with E-state index in [-0.39, 0.29) is 30.2 Å². The molecule has 2 rings (SSSR count). The summed E-state index contributed by atoms with van der Waals surface area (Å²) in [5.74, 6) is -0.207. The molecule has 0 bridgehead atoms. The maximum absolute atomic E-state index is 12.4. The lowest BCUT2D eigenvalue weighted by Gasteiger charge is -2.18. The van der Waals surface area contributed by atoms with E-state index >= 15 is 0 Å². The van der Waals surface area contributed by atoms with E-state index in [1.807, 2.05) is 0 Å². The Morgan fingerprint density at radius 3 is 2.50 bits per heavy atom. The van der Waals surface area contributed by atoms with Crippen LogP contribution in [0, 0.1) is 5.41 Å². The molecule has 0 aromatic heterocycles. The van der Waals surface area contributed by atoms with Crippen molar-refractivity contribution >= 4 is 35.9 Å². The Labute approximate surface area is 147 Å². The van der Waals surface area contributed by atoms with Gasteiger partial charge in [0.15, 0.2) is 0 Å². The maximum atomic E-state index is 12.4. The number of benzene rings is 1. The lowest BCUT2D eigenvalue weighted by molar-refractivity contribution is -0.140. The number of nitrogens with zero attached hydrogens (tertiary/aromatic N) is 2. The van der Waals surface area contributed by atoms with Gasteiger partial charge in [-0.05, 0) is 37.1 Å². The van der Waals surface area contributed by atoms with Crippen LogP contribution < -0.4 is 10.6 Å². The van der Waals surface area contributed by atoms with E-state index < -0.39 is 0 Å². The number of nitrogens with two attached hydrogens (primary N) is 1. The van der Waals surface area contributed by atoms with E-state index in [9.17, 15) is 9.59 Å². The van der Waals surface area contributed by atoms with Crippen molar-refractivity contribution < 1.29 is 14.3 Å². The van der Waals surface area contributed by atoms with E-state index in [0.717, 1.165) is 12.1 Å². The molecule has 0 aliphatic carbocycles. The molecular weight excluding hydrogens is 332 g/mol. The van der Waals surface area contributed by atoms with Crippen molar-refractivity contribution in [1.29, 1.82) is 5.41 Å². The van der Waals surface area contributed by atoms with Gasteiger partial charge in [0.2, 0.25) is 0 Å². The van der Waals surface area contributed by atoms with Crippen LogP contribution in [0.2, 0.25) is 0 Å². The average molecular weight is 355 g/mol. The number of amides is 2. The molecule has 1 aromatic rings. The Kier molecular flexibility index (Phi) is 7.51. The summed E-state index contributed by atoms with van der Waals surface area (Å²) in [6.07, 6.45) is 1.87. The van der Waals surface area contributed by atoms with Crippen LogP contribution in [0.25, 0.3) is 0 Å². The number of hydrogen-bond donors (Lipinski definition) is 2. The number of nitrogens with one attached hydrogen (secondary N) is 1. The molecule has 7 nitrogen and oxygen atoms in total. The van der Waals surface area contributed by atoms with E-state index in [1.165, 1.54) is 7.11 Å². The van der Waals surface area contributed by atoms with Crippen LogP contribution in [0.5, 0.6) is 0 Å². The Hall–Kier alpha value is -2.28. The molecule has 8 heteroatoms. The van der Waals surface area contributed by atoms with E-state index in [4.69, 9.17) is 11.1 Å². The first kappa shape index (κ1) is 19.8. The number of amidine groups is 1. The Morgan fingerprint density at radius 1 is 1.25 bits per heavy atom. The summed E-state index contributed by atoms with van der Waals surface area (Å²) in [5, 5.41) is 7.38. The predicted molar refractivity (Wildman–Crippen MR) is 94.9 cm³/mol. The monoisotopic (exact) mass is 354 g/mol. The van der Waals surface area contributed by atoms with Crippen LogP contribution in [0.1, 0.15) is 24.8 Å². The summed E-state index contributed by atoms with van der Waals surface area (Å²) in [6.45, 7) is 1.94. The van der Waals surface area contributed by atoms with E-state index in [2.05, 4.69) is 4.74 Å². The molecular formula is C16H23ClN4O3. The third-order valence-corrected chi connectivity index (χ3v) is 3.87. The number of methoxy groups -OCH3 is 1. The lowest BCUT2D eigenvalue weighted by Crippen LogP contribution is -2.32. The number of halogens is 1. The topological polar surface area (TPSA) is 99.7 Å². The molecule has 0 unspecified atom stereocenters. The van der Waals surface area contributed by atoms with Crippen LogP contribution in [0.4, 0.5) is 10.5 Å². The number of carbonyl (C=O) groups excluding carboxylic acids is 2. The minimum absolute atomic E-state index is 0. The quantitative estimate of drug-likeness (QED) is 0.338. The van der Waals surface area contributed by atoms with Gasteiger partial charge >= 0.3 is 12.0 Å². The van der Waals surface area contributed by atoms with Crippen LogP contribution in [0.3, 0.4) is 0 Å². The normalized spacial score (nSPS) is 13.6. The van der Waals surface area contributed by atoms with E-state index in [0.29, 0.717) is 38.0 Å². The highest BCUT2D eigenvalue weighted by Crippen LogP contribution is 2.21. The number of esters is 1. The second kappa shape index (κ2) is 9.12. The molecule has 0 atom stereocenters. The van der Waals surface area contributed by atoms with Crippen LogP contribution in [-0.4, -0.2) is 49.5 Å². The number of ether oxygens (including phenoxy) is 1. The number of hydrogen-bond acceptors (Lipinski definition) is 4. The molecule has 1 aromatic carbocycles. The van der Waals surface area contributed by atoms with Gasteiger partial charge in [0.1, 0.15) is 5.84 Å². The molecule has 1 saturated heterocycles. The molecule has 1 aliphatic rings. The first-order valence-electron chi connectivity index (χ1n) is 7.60. The van der Waals surface area contributed by atoms with Gasteiger partial charge < -0.3 is 15.4 Å². The molecule has 24 heavy (non-hydrogen) atoms. The van der Waals surface area contributed by atoms with Gasteiger partial charge in [-0.3, -0.25) is 15.1 Å². The SMILES string of the molecule is COC(=O)CCCCN1CCN(c2ccc(C(=N)N)cc2)C1=O.Cl. The van der Waals surface area contributed by atoms with Crippen molar-refractivity contribution in [2.24, 2.45) is 5.73 Å². The molecule has 1 fully saturated rings. The van der Waals surface area contributed by atoms with Crippen molar-refractivity contribution in [3.05, 3.63) is 29.8 Å². The number of urea groups is 1. The zero-order chi connectivity index (χ0) is 16.8. The molecule has 3 N–H and O–H groups in total. The Bertz CT molecular complexity index is 591. The third kappa shape index (κ3) is 4.86. The highest BCUT2D eigenvalue weighted by Gasteiger charge is 2.28. The van der Waals surface area contributed by atoms with Gasteiger partial charge in [-0.15, -0.1) is 12.4 Å². The van der Waals surface area contributed by atoms with Gasteiger partial charge in [-0.1, -0.05) is 0 Å². The molecule has 1 heterocycles.